The van der Waals surface area contributed by atoms with Crippen molar-refractivity contribution in [1.29, 1.82) is 0 Å². The molecule has 1 N–H and O–H groups in total. The van der Waals surface area contributed by atoms with E-state index >= 15 is 0 Å². The molecular weight excluding hydrogens is 384 g/mol. The standard InChI is InChI=1S/C23H28N2O3S/c1-6-19(28-17-11-8-15(9-12-17)23(3,4)5)21(26)24-16-10-13-18-20(14-16)29-22(27)25(18)7-2/h8-14,19H,6-7H2,1-5H3,(H,24,26). The number of ether oxygens (including phenoxy) is 1. The van der Waals surface area contributed by atoms with Crippen molar-refractivity contribution >= 4 is 33.1 Å². The largest absolute Gasteiger partial charge is 0.481 e. The first-order chi connectivity index (χ1) is 13.7. The first-order valence-electron chi connectivity index (χ1n) is 9.94. The van der Waals surface area contributed by atoms with Gasteiger partial charge in [-0.05, 0) is 54.7 Å². The molecule has 3 rings (SSSR count). The van der Waals surface area contributed by atoms with E-state index in [4.69, 9.17) is 4.74 Å². The first-order valence-corrected chi connectivity index (χ1v) is 10.8. The van der Waals surface area contributed by atoms with E-state index in [-0.39, 0.29) is 16.2 Å². The van der Waals surface area contributed by atoms with Crippen molar-refractivity contribution in [2.24, 2.45) is 0 Å². The summed E-state index contributed by atoms with van der Waals surface area (Å²) in [7, 11) is 0. The van der Waals surface area contributed by atoms with Gasteiger partial charge >= 0.3 is 4.87 Å². The van der Waals surface area contributed by atoms with Crippen LogP contribution in [0.3, 0.4) is 0 Å². The average molecular weight is 413 g/mol. The average Bonchev–Trinajstić information content (AvgIpc) is 2.99. The van der Waals surface area contributed by atoms with E-state index in [0.29, 0.717) is 24.4 Å². The van der Waals surface area contributed by atoms with E-state index in [1.807, 2.05) is 56.3 Å². The zero-order valence-corrected chi connectivity index (χ0v) is 18.4. The Balaban J connectivity index is 1.73. The third-order valence-corrected chi connectivity index (χ3v) is 5.86. The molecule has 0 fully saturated rings. The number of aryl methyl sites for hydroxylation is 1. The van der Waals surface area contributed by atoms with Crippen molar-refractivity contribution in [3.63, 3.8) is 0 Å². The Bertz CT molecular complexity index is 1060. The van der Waals surface area contributed by atoms with Crippen molar-refractivity contribution in [3.05, 3.63) is 57.7 Å². The number of hydrogen-bond acceptors (Lipinski definition) is 4. The number of aromatic nitrogens is 1. The Morgan fingerprint density at radius 1 is 1.14 bits per heavy atom. The van der Waals surface area contributed by atoms with Gasteiger partial charge in [0.1, 0.15) is 5.75 Å². The molecule has 1 aromatic heterocycles. The summed E-state index contributed by atoms with van der Waals surface area (Å²) in [5.74, 6) is 0.475. The molecule has 5 nitrogen and oxygen atoms in total. The van der Waals surface area contributed by atoms with E-state index < -0.39 is 6.10 Å². The lowest BCUT2D eigenvalue weighted by atomic mass is 9.87. The van der Waals surface area contributed by atoms with Crippen LogP contribution in [0.5, 0.6) is 5.75 Å². The molecule has 1 atom stereocenters. The number of rotatable bonds is 6. The topological polar surface area (TPSA) is 60.3 Å². The summed E-state index contributed by atoms with van der Waals surface area (Å²) in [5, 5.41) is 2.92. The number of nitrogens with zero attached hydrogens (tertiary/aromatic N) is 1. The molecule has 3 aromatic rings. The summed E-state index contributed by atoms with van der Waals surface area (Å²) in [6, 6.07) is 13.4. The highest BCUT2D eigenvalue weighted by Gasteiger charge is 2.20. The van der Waals surface area contributed by atoms with Gasteiger partial charge in [0.2, 0.25) is 0 Å². The molecule has 0 radical (unpaired) electrons. The van der Waals surface area contributed by atoms with Crippen LogP contribution in [0.25, 0.3) is 10.2 Å². The van der Waals surface area contributed by atoms with Gasteiger partial charge in [-0.1, -0.05) is 51.2 Å². The molecule has 154 valence electrons. The normalized spacial score (nSPS) is 12.7. The van der Waals surface area contributed by atoms with Crippen molar-refractivity contribution < 1.29 is 9.53 Å². The van der Waals surface area contributed by atoms with Crippen LogP contribution < -0.4 is 14.9 Å². The Labute approximate surface area is 175 Å². The second-order valence-electron chi connectivity index (χ2n) is 8.07. The summed E-state index contributed by atoms with van der Waals surface area (Å²) >= 11 is 1.19. The monoisotopic (exact) mass is 412 g/mol. The Morgan fingerprint density at radius 3 is 2.41 bits per heavy atom. The van der Waals surface area contributed by atoms with Crippen LogP contribution >= 0.6 is 11.3 Å². The number of fused-ring (bicyclic) bond motifs is 1. The van der Waals surface area contributed by atoms with Crippen LogP contribution in [-0.2, 0) is 16.8 Å². The number of carbonyl (C=O) groups is 1. The lowest BCUT2D eigenvalue weighted by Gasteiger charge is -2.21. The van der Waals surface area contributed by atoms with Gasteiger partial charge < -0.3 is 10.1 Å². The fourth-order valence-electron chi connectivity index (χ4n) is 3.19. The SMILES string of the molecule is CCC(Oc1ccc(C(C)(C)C)cc1)C(=O)Nc1ccc2c(c1)sc(=O)n2CC. The third-order valence-electron chi connectivity index (χ3n) is 4.91. The number of thiazole rings is 1. The fraction of sp³-hybridized carbons (Fsp3) is 0.391. The van der Waals surface area contributed by atoms with Crippen LogP contribution in [0.2, 0.25) is 0 Å². The molecule has 1 unspecified atom stereocenters. The van der Waals surface area contributed by atoms with Gasteiger partial charge in [0.05, 0.1) is 10.2 Å². The molecule has 0 aliphatic rings. The lowest BCUT2D eigenvalue weighted by molar-refractivity contribution is -0.122. The summed E-state index contributed by atoms with van der Waals surface area (Å²) in [4.78, 5) is 24.8. The zero-order chi connectivity index (χ0) is 21.2. The minimum absolute atomic E-state index is 0.0134. The highest BCUT2D eigenvalue weighted by atomic mass is 32.1. The van der Waals surface area contributed by atoms with Crippen LogP contribution in [-0.4, -0.2) is 16.6 Å². The molecule has 0 aliphatic carbocycles. The summed E-state index contributed by atoms with van der Waals surface area (Å²) in [6.07, 6.45) is -0.0422. The van der Waals surface area contributed by atoms with Crippen molar-refractivity contribution in [2.75, 3.05) is 5.32 Å². The predicted molar refractivity (Wildman–Crippen MR) is 120 cm³/mol. The van der Waals surface area contributed by atoms with Gasteiger partial charge in [-0.2, -0.15) is 0 Å². The van der Waals surface area contributed by atoms with E-state index in [0.717, 1.165) is 10.2 Å². The molecule has 0 saturated carbocycles. The molecule has 29 heavy (non-hydrogen) atoms. The molecular formula is C23H28N2O3S. The Morgan fingerprint density at radius 2 is 1.83 bits per heavy atom. The van der Waals surface area contributed by atoms with Crippen LogP contribution in [0, 0.1) is 0 Å². The second kappa shape index (κ2) is 8.41. The van der Waals surface area contributed by atoms with Crippen molar-refractivity contribution in [1.82, 2.24) is 4.57 Å². The Hall–Kier alpha value is -2.60. The van der Waals surface area contributed by atoms with Gasteiger partial charge in [-0.25, -0.2) is 0 Å². The molecule has 0 bridgehead atoms. The van der Waals surface area contributed by atoms with Crippen LogP contribution in [0.1, 0.15) is 46.6 Å². The van der Waals surface area contributed by atoms with Crippen molar-refractivity contribution in [3.8, 4) is 5.75 Å². The maximum Gasteiger partial charge on any atom is 0.308 e. The van der Waals surface area contributed by atoms with Gasteiger partial charge in [0, 0.05) is 12.2 Å². The van der Waals surface area contributed by atoms with Gasteiger partial charge in [0.25, 0.3) is 5.91 Å². The number of amides is 1. The minimum Gasteiger partial charge on any atom is -0.481 e. The summed E-state index contributed by atoms with van der Waals surface area (Å²) < 4.78 is 8.52. The highest BCUT2D eigenvalue weighted by molar-refractivity contribution is 7.16. The van der Waals surface area contributed by atoms with Crippen molar-refractivity contribution in [2.45, 2.75) is 59.1 Å². The van der Waals surface area contributed by atoms with E-state index in [9.17, 15) is 9.59 Å². The molecule has 0 saturated heterocycles. The summed E-state index contributed by atoms with van der Waals surface area (Å²) in [5.41, 5.74) is 2.84. The van der Waals surface area contributed by atoms with Gasteiger partial charge in [-0.3, -0.25) is 14.2 Å². The Kier molecular flexibility index (Phi) is 6.13. The minimum atomic E-state index is -0.592. The molecule has 0 spiro atoms. The van der Waals surface area contributed by atoms with E-state index in [1.54, 1.807) is 4.57 Å². The predicted octanol–water partition coefficient (Wildman–Crippen LogP) is 5.18. The van der Waals surface area contributed by atoms with E-state index in [2.05, 4.69) is 26.1 Å². The highest BCUT2D eigenvalue weighted by Crippen LogP contribution is 2.26. The zero-order valence-electron chi connectivity index (χ0n) is 17.6. The molecule has 6 heteroatoms. The third kappa shape index (κ3) is 4.70. The summed E-state index contributed by atoms with van der Waals surface area (Å²) in [6.45, 7) is 11.0. The molecule has 1 heterocycles. The number of anilines is 1. The maximum absolute atomic E-state index is 12.7. The first kappa shape index (κ1) is 21.1. The number of hydrogen-bond donors (Lipinski definition) is 1. The van der Waals surface area contributed by atoms with Gasteiger partial charge in [0.15, 0.2) is 6.10 Å². The second-order valence-corrected chi connectivity index (χ2v) is 9.07. The number of nitrogens with one attached hydrogen (secondary N) is 1. The maximum atomic E-state index is 12.7. The fourth-order valence-corrected chi connectivity index (χ4v) is 4.18. The molecule has 1 amide bonds. The number of carbonyl (C=O) groups excluding carboxylic acids is 1. The van der Waals surface area contributed by atoms with Crippen LogP contribution in [0.15, 0.2) is 47.3 Å². The molecule has 0 aliphatic heterocycles. The number of benzene rings is 2. The molecule has 2 aromatic carbocycles. The lowest BCUT2D eigenvalue weighted by Crippen LogP contribution is -2.32. The quantitative estimate of drug-likeness (QED) is 0.607. The smallest absolute Gasteiger partial charge is 0.308 e. The van der Waals surface area contributed by atoms with Gasteiger partial charge in [-0.15, -0.1) is 0 Å². The van der Waals surface area contributed by atoms with E-state index in [1.165, 1.54) is 16.9 Å². The van der Waals surface area contributed by atoms with Crippen LogP contribution in [0.4, 0.5) is 5.69 Å².